The standard InChI is InChI=1S/C23H30N4O2/c1-16(2)21-15-20(13-14-22(21)24-4)27-26-19-11-9-18(10-12-19)25-23(29)8-6-5-7-17(3)28/h9-16,24H,5-8H2,1-4H3,(H,25,29). The topological polar surface area (TPSA) is 82.9 Å². The first kappa shape index (κ1) is 22.3. The van der Waals surface area contributed by atoms with E-state index in [9.17, 15) is 9.59 Å². The molecule has 0 saturated carbocycles. The maximum absolute atomic E-state index is 11.9. The van der Waals surface area contributed by atoms with Crippen LogP contribution in [0.4, 0.5) is 22.7 Å². The molecule has 2 N–H and O–H groups in total. The fraction of sp³-hybridized carbons (Fsp3) is 0.391. The first-order valence-electron chi connectivity index (χ1n) is 10.0. The predicted molar refractivity (Wildman–Crippen MR) is 118 cm³/mol. The molecule has 29 heavy (non-hydrogen) atoms. The fourth-order valence-electron chi connectivity index (χ4n) is 2.93. The van der Waals surface area contributed by atoms with E-state index in [4.69, 9.17) is 0 Å². The van der Waals surface area contributed by atoms with E-state index in [0.717, 1.165) is 23.5 Å². The summed E-state index contributed by atoms with van der Waals surface area (Å²) in [5, 5.41) is 14.7. The van der Waals surface area contributed by atoms with Crippen LogP contribution in [0.3, 0.4) is 0 Å². The number of hydrogen-bond acceptors (Lipinski definition) is 5. The molecule has 0 aliphatic heterocycles. The first-order chi connectivity index (χ1) is 13.9. The Balaban J connectivity index is 1.92. The average Bonchev–Trinajstić information content (AvgIpc) is 2.70. The third kappa shape index (κ3) is 7.49. The van der Waals surface area contributed by atoms with E-state index >= 15 is 0 Å². The minimum Gasteiger partial charge on any atom is -0.388 e. The lowest BCUT2D eigenvalue weighted by molar-refractivity contribution is -0.118. The highest BCUT2D eigenvalue weighted by Crippen LogP contribution is 2.29. The number of ketones is 1. The lowest BCUT2D eigenvalue weighted by Gasteiger charge is -2.12. The Morgan fingerprint density at radius 2 is 1.55 bits per heavy atom. The molecule has 1 amide bonds. The van der Waals surface area contributed by atoms with Crippen molar-refractivity contribution in [2.24, 2.45) is 10.2 Å². The number of nitrogens with one attached hydrogen (secondary N) is 2. The quantitative estimate of drug-likeness (QED) is 0.363. The zero-order valence-electron chi connectivity index (χ0n) is 17.7. The summed E-state index contributed by atoms with van der Waals surface area (Å²) in [5.74, 6) is 0.500. The maximum atomic E-state index is 11.9. The van der Waals surface area contributed by atoms with Crippen LogP contribution in [0.1, 0.15) is 57.9 Å². The number of amides is 1. The predicted octanol–water partition coefficient (Wildman–Crippen LogP) is 6.36. The Bertz CT molecular complexity index is 858. The minimum absolute atomic E-state index is 0.0474. The van der Waals surface area contributed by atoms with Gasteiger partial charge in [0.2, 0.25) is 5.91 Å². The van der Waals surface area contributed by atoms with Gasteiger partial charge < -0.3 is 15.4 Å². The number of rotatable bonds is 10. The average molecular weight is 395 g/mol. The summed E-state index contributed by atoms with van der Waals surface area (Å²) in [6.07, 6.45) is 2.40. The number of unbranched alkanes of at least 4 members (excludes halogenated alkanes) is 1. The molecule has 0 saturated heterocycles. The monoisotopic (exact) mass is 394 g/mol. The van der Waals surface area contributed by atoms with E-state index in [1.807, 2.05) is 49.5 Å². The van der Waals surface area contributed by atoms with Crippen LogP contribution in [0.2, 0.25) is 0 Å². The van der Waals surface area contributed by atoms with Gasteiger partial charge in [0.15, 0.2) is 0 Å². The van der Waals surface area contributed by atoms with Crippen molar-refractivity contribution < 1.29 is 9.59 Å². The zero-order valence-corrected chi connectivity index (χ0v) is 17.7. The smallest absolute Gasteiger partial charge is 0.224 e. The lowest BCUT2D eigenvalue weighted by Crippen LogP contribution is -2.11. The third-order valence-electron chi connectivity index (χ3n) is 4.54. The van der Waals surface area contributed by atoms with Crippen LogP contribution in [0.5, 0.6) is 0 Å². The molecule has 0 aliphatic carbocycles. The molecule has 0 atom stereocenters. The fourth-order valence-corrected chi connectivity index (χ4v) is 2.93. The number of hydrogen-bond donors (Lipinski definition) is 2. The van der Waals surface area contributed by atoms with Gasteiger partial charge in [-0.15, -0.1) is 0 Å². The van der Waals surface area contributed by atoms with Crippen molar-refractivity contribution >= 4 is 34.4 Å². The molecule has 0 aliphatic rings. The van der Waals surface area contributed by atoms with Crippen LogP contribution >= 0.6 is 0 Å². The van der Waals surface area contributed by atoms with E-state index in [-0.39, 0.29) is 11.7 Å². The number of nitrogens with zero attached hydrogens (tertiary/aromatic N) is 2. The maximum Gasteiger partial charge on any atom is 0.224 e. The number of carbonyl (C=O) groups excluding carboxylic acids is 2. The van der Waals surface area contributed by atoms with Crippen LogP contribution < -0.4 is 10.6 Å². The van der Waals surface area contributed by atoms with Gasteiger partial charge in [-0.25, -0.2) is 0 Å². The normalized spacial score (nSPS) is 11.1. The summed E-state index contributed by atoms with van der Waals surface area (Å²) in [4.78, 5) is 22.9. The summed E-state index contributed by atoms with van der Waals surface area (Å²) in [6.45, 7) is 5.86. The summed E-state index contributed by atoms with van der Waals surface area (Å²) < 4.78 is 0. The lowest BCUT2D eigenvalue weighted by atomic mass is 10.0. The van der Waals surface area contributed by atoms with E-state index in [1.165, 1.54) is 5.56 Å². The van der Waals surface area contributed by atoms with Gasteiger partial charge >= 0.3 is 0 Å². The number of anilines is 2. The molecule has 2 rings (SSSR count). The second-order valence-electron chi connectivity index (χ2n) is 7.38. The van der Waals surface area contributed by atoms with E-state index < -0.39 is 0 Å². The van der Waals surface area contributed by atoms with Crippen molar-refractivity contribution in [1.29, 1.82) is 0 Å². The second kappa shape index (κ2) is 11.1. The van der Waals surface area contributed by atoms with Crippen LogP contribution in [-0.4, -0.2) is 18.7 Å². The van der Waals surface area contributed by atoms with E-state index in [0.29, 0.717) is 30.9 Å². The van der Waals surface area contributed by atoms with Crippen molar-refractivity contribution in [3.63, 3.8) is 0 Å². The molecule has 0 spiro atoms. The molecule has 0 unspecified atom stereocenters. The van der Waals surface area contributed by atoms with Gasteiger partial charge in [-0.3, -0.25) is 4.79 Å². The minimum atomic E-state index is -0.0474. The number of azo groups is 1. The Morgan fingerprint density at radius 1 is 0.931 bits per heavy atom. The van der Waals surface area contributed by atoms with Crippen LogP contribution in [0.15, 0.2) is 52.7 Å². The molecule has 0 fully saturated rings. The van der Waals surface area contributed by atoms with Crippen LogP contribution in [0, 0.1) is 0 Å². The Kier molecular flexibility index (Phi) is 8.52. The highest BCUT2D eigenvalue weighted by atomic mass is 16.1. The summed E-state index contributed by atoms with van der Waals surface area (Å²) in [5.41, 5.74) is 4.54. The molecule has 154 valence electrons. The van der Waals surface area contributed by atoms with Crippen LogP contribution in [0.25, 0.3) is 0 Å². The van der Waals surface area contributed by atoms with Crippen molar-refractivity contribution in [3.05, 3.63) is 48.0 Å². The zero-order chi connectivity index (χ0) is 21.2. The molecule has 0 radical (unpaired) electrons. The molecule has 0 heterocycles. The molecule has 2 aromatic rings. The summed E-state index contributed by atoms with van der Waals surface area (Å²) in [6, 6.07) is 13.2. The van der Waals surface area contributed by atoms with Gasteiger partial charge in [-0.05, 0) is 73.7 Å². The van der Waals surface area contributed by atoms with Gasteiger partial charge in [0.05, 0.1) is 11.4 Å². The molecule has 6 heteroatoms. The highest BCUT2D eigenvalue weighted by Gasteiger charge is 2.07. The number of benzene rings is 2. The SMILES string of the molecule is CNc1ccc(N=Nc2ccc(NC(=O)CCCCC(C)=O)cc2)cc1C(C)C. The Morgan fingerprint density at radius 3 is 2.17 bits per heavy atom. The number of carbonyl (C=O) groups is 2. The first-order valence-corrected chi connectivity index (χ1v) is 10.0. The highest BCUT2D eigenvalue weighted by molar-refractivity contribution is 5.90. The Hall–Kier alpha value is -3.02. The second-order valence-corrected chi connectivity index (χ2v) is 7.38. The summed E-state index contributed by atoms with van der Waals surface area (Å²) in [7, 11) is 1.91. The van der Waals surface area contributed by atoms with Gasteiger partial charge in [0.1, 0.15) is 5.78 Å². The molecule has 0 aromatic heterocycles. The van der Waals surface area contributed by atoms with Crippen LogP contribution in [-0.2, 0) is 9.59 Å². The molecule has 0 bridgehead atoms. The number of Topliss-reactive ketones (excluding diaryl/α,β-unsaturated/α-hetero) is 1. The van der Waals surface area contributed by atoms with E-state index in [1.54, 1.807) is 6.92 Å². The van der Waals surface area contributed by atoms with Crippen molar-refractivity contribution in [3.8, 4) is 0 Å². The van der Waals surface area contributed by atoms with Gasteiger partial charge in [-0.2, -0.15) is 10.2 Å². The van der Waals surface area contributed by atoms with Gasteiger partial charge in [0.25, 0.3) is 0 Å². The van der Waals surface area contributed by atoms with Crippen molar-refractivity contribution in [1.82, 2.24) is 0 Å². The van der Waals surface area contributed by atoms with E-state index in [2.05, 4.69) is 34.7 Å². The van der Waals surface area contributed by atoms with Crippen molar-refractivity contribution in [2.45, 2.75) is 52.4 Å². The van der Waals surface area contributed by atoms with Crippen molar-refractivity contribution in [2.75, 3.05) is 17.7 Å². The molecular formula is C23H30N4O2. The molecule has 2 aromatic carbocycles. The van der Waals surface area contributed by atoms with Gasteiger partial charge in [-0.1, -0.05) is 13.8 Å². The van der Waals surface area contributed by atoms with Gasteiger partial charge in [0, 0.05) is 31.3 Å². The Labute approximate surface area is 172 Å². The largest absolute Gasteiger partial charge is 0.388 e. The molecular weight excluding hydrogens is 364 g/mol. The third-order valence-corrected chi connectivity index (χ3v) is 4.54. The molecule has 6 nitrogen and oxygen atoms in total. The summed E-state index contributed by atoms with van der Waals surface area (Å²) >= 11 is 0.